The number of nitrogens with zero attached hydrogens (tertiary/aromatic N) is 1. The second kappa shape index (κ2) is 6.70. The Bertz CT molecular complexity index is 405. The summed E-state index contributed by atoms with van der Waals surface area (Å²) in [6.07, 6.45) is 3.51. The Balaban J connectivity index is 1.98. The van der Waals surface area contributed by atoms with Crippen molar-refractivity contribution >= 4 is 10.2 Å². The van der Waals surface area contributed by atoms with Crippen molar-refractivity contribution in [3.05, 3.63) is 0 Å². The van der Waals surface area contributed by atoms with Crippen molar-refractivity contribution in [2.45, 2.75) is 38.1 Å². The summed E-state index contributed by atoms with van der Waals surface area (Å²) in [4.78, 5) is 0. The maximum absolute atomic E-state index is 12.6. The molecule has 0 bridgehead atoms. The average Bonchev–Trinajstić information content (AvgIpc) is 2.39. The fraction of sp³-hybridized carbons (Fsp3) is 1.00. The molecule has 0 aromatic heterocycles. The van der Waals surface area contributed by atoms with E-state index in [0.29, 0.717) is 32.2 Å². The Morgan fingerprint density at radius 1 is 1.35 bits per heavy atom. The molecule has 6 nitrogen and oxygen atoms in total. The van der Waals surface area contributed by atoms with E-state index in [1.807, 2.05) is 14.0 Å². The van der Waals surface area contributed by atoms with Crippen molar-refractivity contribution in [1.82, 2.24) is 14.3 Å². The third kappa shape index (κ3) is 4.14. The van der Waals surface area contributed by atoms with Gasteiger partial charge >= 0.3 is 0 Å². The van der Waals surface area contributed by atoms with E-state index in [0.717, 1.165) is 32.2 Å². The van der Waals surface area contributed by atoms with Gasteiger partial charge in [-0.15, -0.1) is 0 Å². The zero-order chi connectivity index (χ0) is 14.6. The van der Waals surface area contributed by atoms with E-state index in [-0.39, 0.29) is 5.54 Å². The molecular weight excluding hydrogens is 278 g/mol. The molecule has 0 amide bonds. The lowest BCUT2D eigenvalue weighted by Gasteiger charge is -2.38. The van der Waals surface area contributed by atoms with E-state index >= 15 is 0 Å². The molecule has 2 heterocycles. The van der Waals surface area contributed by atoms with Gasteiger partial charge in [0.2, 0.25) is 0 Å². The zero-order valence-electron chi connectivity index (χ0n) is 12.5. The summed E-state index contributed by atoms with van der Waals surface area (Å²) in [5.41, 5.74) is -0.368. The second-order valence-corrected chi connectivity index (χ2v) is 7.87. The van der Waals surface area contributed by atoms with Gasteiger partial charge in [0.1, 0.15) is 0 Å². The molecule has 0 aromatic rings. The number of hydrogen-bond acceptors (Lipinski definition) is 4. The van der Waals surface area contributed by atoms with Crippen molar-refractivity contribution in [3.8, 4) is 0 Å². The van der Waals surface area contributed by atoms with Gasteiger partial charge < -0.3 is 10.1 Å². The standard InChI is InChI=1S/C13H27N3O3S/c1-13(5-8-19-9-6-13)15-20(17,18)16-7-3-4-12(11-16)10-14-2/h12,14-15H,3-11H2,1-2H3. The van der Waals surface area contributed by atoms with Crippen molar-refractivity contribution in [2.75, 3.05) is 39.9 Å². The van der Waals surface area contributed by atoms with Crippen LogP contribution in [0.5, 0.6) is 0 Å². The molecule has 2 fully saturated rings. The molecule has 2 aliphatic rings. The normalized spacial score (nSPS) is 28.4. The Labute approximate surface area is 122 Å². The van der Waals surface area contributed by atoms with Crippen LogP contribution in [-0.4, -0.2) is 58.2 Å². The Kier molecular flexibility index (Phi) is 5.42. The number of ether oxygens (including phenoxy) is 1. The van der Waals surface area contributed by atoms with Gasteiger partial charge in [0.25, 0.3) is 10.2 Å². The molecule has 118 valence electrons. The van der Waals surface area contributed by atoms with Gasteiger partial charge in [-0.2, -0.15) is 17.4 Å². The van der Waals surface area contributed by atoms with Crippen LogP contribution in [0.3, 0.4) is 0 Å². The fourth-order valence-electron chi connectivity index (χ4n) is 3.00. The van der Waals surface area contributed by atoms with Gasteiger partial charge in [-0.25, -0.2) is 0 Å². The lowest BCUT2D eigenvalue weighted by molar-refractivity contribution is 0.0529. The molecule has 2 aliphatic heterocycles. The van der Waals surface area contributed by atoms with Gasteiger partial charge in [0, 0.05) is 31.8 Å². The van der Waals surface area contributed by atoms with E-state index in [2.05, 4.69) is 10.0 Å². The zero-order valence-corrected chi connectivity index (χ0v) is 13.3. The average molecular weight is 305 g/mol. The van der Waals surface area contributed by atoms with Crippen molar-refractivity contribution in [2.24, 2.45) is 5.92 Å². The summed E-state index contributed by atoms with van der Waals surface area (Å²) < 4.78 is 35.0. The molecule has 0 saturated carbocycles. The van der Waals surface area contributed by atoms with Crippen LogP contribution in [0.25, 0.3) is 0 Å². The first-order valence-corrected chi connectivity index (χ1v) is 8.91. The predicted molar refractivity (Wildman–Crippen MR) is 78.7 cm³/mol. The number of hydrogen-bond donors (Lipinski definition) is 2. The van der Waals surface area contributed by atoms with Crippen LogP contribution in [0.4, 0.5) is 0 Å². The van der Waals surface area contributed by atoms with Crippen LogP contribution in [0.1, 0.15) is 32.6 Å². The third-order valence-corrected chi connectivity index (χ3v) is 6.05. The van der Waals surface area contributed by atoms with Gasteiger partial charge in [-0.05, 0) is 52.1 Å². The molecule has 0 spiro atoms. The van der Waals surface area contributed by atoms with E-state index < -0.39 is 10.2 Å². The van der Waals surface area contributed by atoms with Gasteiger partial charge in [-0.1, -0.05) is 0 Å². The fourth-order valence-corrected chi connectivity index (χ4v) is 4.73. The Hall–Kier alpha value is -0.210. The van der Waals surface area contributed by atoms with E-state index in [1.54, 1.807) is 4.31 Å². The predicted octanol–water partition coefficient (Wildman–Crippen LogP) is 0.321. The largest absolute Gasteiger partial charge is 0.381 e. The van der Waals surface area contributed by atoms with Gasteiger partial charge in [0.05, 0.1) is 0 Å². The molecule has 0 aromatic carbocycles. The highest BCUT2D eigenvalue weighted by Crippen LogP contribution is 2.24. The smallest absolute Gasteiger partial charge is 0.279 e. The van der Waals surface area contributed by atoms with Crippen LogP contribution in [-0.2, 0) is 14.9 Å². The number of piperidine rings is 1. The Morgan fingerprint density at radius 2 is 2.05 bits per heavy atom. The summed E-state index contributed by atoms with van der Waals surface area (Å²) in [6, 6.07) is 0. The van der Waals surface area contributed by atoms with E-state index in [9.17, 15) is 8.42 Å². The SMILES string of the molecule is CNCC1CCCN(S(=O)(=O)NC2(C)CCOCC2)C1. The molecule has 0 aliphatic carbocycles. The highest BCUT2D eigenvalue weighted by atomic mass is 32.2. The topological polar surface area (TPSA) is 70.7 Å². The summed E-state index contributed by atoms with van der Waals surface area (Å²) in [6.45, 7) is 5.34. The van der Waals surface area contributed by atoms with Crippen LogP contribution in [0.2, 0.25) is 0 Å². The summed E-state index contributed by atoms with van der Waals surface area (Å²) in [7, 11) is -1.48. The van der Waals surface area contributed by atoms with Crippen LogP contribution in [0.15, 0.2) is 0 Å². The number of rotatable bonds is 5. The molecule has 2 rings (SSSR count). The third-order valence-electron chi connectivity index (χ3n) is 4.29. The minimum Gasteiger partial charge on any atom is -0.381 e. The molecular formula is C13H27N3O3S. The quantitative estimate of drug-likeness (QED) is 0.767. The van der Waals surface area contributed by atoms with Crippen LogP contribution >= 0.6 is 0 Å². The molecule has 2 saturated heterocycles. The minimum atomic E-state index is -3.39. The summed E-state index contributed by atoms with van der Waals surface area (Å²) in [5.74, 6) is 0.410. The first-order chi connectivity index (χ1) is 9.45. The highest BCUT2D eigenvalue weighted by molar-refractivity contribution is 7.87. The van der Waals surface area contributed by atoms with E-state index in [4.69, 9.17) is 4.74 Å². The van der Waals surface area contributed by atoms with Crippen molar-refractivity contribution < 1.29 is 13.2 Å². The summed E-state index contributed by atoms with van der Waals surface area (Å²) >= 11 is 0. The van der Waals surface area contributed by atoms with Crippen molar-refractivity contribution in [3.63, 3.8) is 0 Å². The van der Waals surface area contributed by atoms with Crippen LogP contribution < -0.4 is 10.0 Å². The lowest BCUT2D eigenvalue weighted by Crippen LogP contribution is -2.56. The maximum Gasteiger partial charge on any atom is 0.279 e. The molecule has 1 atom stereocenters. The molecule has 20 heavy (non-hydrogen) atoms. The first kappa shape index (κ1) is 16.2. The Morgan fingerprint density at radius 3 is 2.70 bits per heavy atom. The molecule has 1 unspecified atom stereocenters. The van der Waals surface area contributed by atoms with Gasteiger partial charge in [-0.3, -0.25) is 0 Å². The number of nitrogens with one attached hydrogen (secondary N) is 2. The lowest BCUT2D eigenvalue weighted by atomic mass is 9.94. The van der Waals surface area contributed by atoms with Crippen molar-refractivity contribution in [1.29, 1.82) is 0 Å². The second-order valence-electron chi connectivity index (χ2n) is 6.20. The van der Waals surface area contributed by atoms with E-state index in [1.165, 1.54) is 0 Å². The molecule has 0 radical (unpaired) electrons. The monoisotopic (exact) mass is 305 g/mol. The summed E-state index contributed by atoms with van der Waals surface area (Å²) in [5, 5.41) is 3.14. The first-order valence-electron chi connectivity index (χ1n) is 7.47. The molecule has 7 heteroatoms. The molecule has 2 N–H and O–H groups in total. The maximum atomic E-state index is 12.6. The highest BCUT2D eigenvalue weighted by Gasteiger charge is 2.36. The van der Waals surface area contributed by atoms with Crippen LogP contribution in [0, 0.1) is 5.92 Å². The minimum absolute atomic E-state index is 0.368. The van der Waals surface area contributed by atoms with Gasteiger partial charge in [0.15, 0.2) is 0 Å².